The molecule has 2 N–H and O–H groups in total. The molecule has 2 atom stereocenters. The van der Waals surface area contributed by atoms with Gasteiger partial charge in [-0.25, -0.2) is 4.98 Å². The minimum atomic E-state index is -0.667. The number of imidazole rings is 1. The molecule has 1 aliphatic rings. The summed E-state index contributed by atoms with van der Waals surface area (Å²) < 4.78 is 2.14. The van der Waals surface area contributed by atoms with E-state index >= 15 is 0 Å². The quantitative estimate of drug-likeness (QED) is 0.297. The molecule has 37 heavy (non-hydrogen) atoms. The van der Waals surface area contributed by atoms with Crippen LogP contribution in [-0.4, -0.2) is 30.7 Å². The molecule has 1 fully saturated rings. The van der Waals surface area contributed by atoms with E-state index in [1.165, 1.54) is 12.8 Å². The summed E-state index contributed by atoms with van der Waals surface area (Å²) in [6, 6.07) is 19.0. The highest BCUT2D eigenvalue weighted by Gasteiger charge is 2.27. The van der Waals surface area contributed by atoms with Crippen LogP contribution in [0.25, 0.3) is 22.4 Å². The average molecular weight is 515 g/mol. The molecule has 0 spiro atoms. The van der Waals surface area contributed by atoms with Crippen LogP contribution in [0.5, 0.6) is 0 Å². The number of hydrogen-bond donors (Lipinski definition) is 2. The largest absolute Gasteiger partial charge is 0.391 e. The van der Waals surface area contributed by atoms with Gasteiger partial charge in [0.2, 0.25) is 11.8 Å². The molecule has 190 valence electrons. The Hall–Kier alpha value is -3.47. The molecule has 1 aliphatic carbocycles. The van der Waals surface area contributed by atoms with Crippen LogP contribution in [0.3, 0.4) is 0 Å². The van der Waals surface area contributed by atoms with Crippen LogP contribution in [0.1, 0.15) is 57.0 Å². The van der Waals surface area contributed by atoms with E-state index in [9.17, 15) is 10.4 Å². The number of aliphatic hydroxyl groups excluding tert-OH is 1. The third-order valence-electron chi connectivity index (χ3n) is 7.30. The molecule has 7 nitrogen and oxygen atoms in total. The number of nitrogens with one attached hydrogen (secondary N) is 1. The third-order valence-corrected chi connectivity index (χ3v) is 7.54. The molecule has 0 saturated heterocycles. The highest BCUT2D eigenvalue weighted by molar-refractivity contribution is 6.30. The highest BCUT2D eigenvalue weighted by atomic mass is 35.5. The lowest BCUT2D eigenvalue weighted by Crippen LogP contribution is -2.26. The van der Waals surface area contributed by atoms with Crippen LogP contribution in [0.4, 0.5) is 5.95 Å². The Morgan fingerprint density at radius 3 is 2.51 bits per heavy atom. The molecule has 0 amide bonds. The van der Waals surface area contributed by atoms with E-state index in [1.54, 1.807) is 6.92 Å². The molecule has 0 bridgehead atoms. The van der Waals surface area contributed by atoms with Gasteiger partial charge in [-0.3, -0.25) is 0 Å². The van der Waals surface area contributed by atoms with Crippen molar-refractivity contribution in [2.45, 2.75) is 58.2 Å². The number of halogens is 1. The number of aliphatic hydroxyl groups is 1. The monoisotopic (exact) mass is 514 g/mol. The van der Waals surface area contributed by atoms with Gasteiger partial charge < -0.3 is 15.0 Å². The zero-order valence-corrected chi connectivity index (χ0v) is 21.9. The lowest BCUT2D eigenvalue weighted by molar-refractivity contribution is 0.171. The average Bonchev–Trinajstić information content (AvgIpc) is 3.25. The van der Waals surface area contributed by atoms with Crippen molar-refractivity contribution in [3.63, 3.8) is 0 Å². The van der Waals surface area contributed by atoms with Gasteiger partial charge >= 0.3 is 0 Å². The molecule has 5 rings (SSSR count). The van der Waals surface area contributed by atoms with Crippen molar-refractivity contribution in [2.75, 3.05) is 5.32 Å². The first-order valence-corrected chi connectivity index (χ1v) is 13.2. The van der Waals surface area contributed by atoms with Crippen LogP contribution >= 0.6 is 11.6 Å². The number of hydrogen-bond acceptors (Lipinski definition) is 6. The van der Waals surface area contributed by atoms with Crippen LogP contribution in [0.15, 0.2) is 54.6 Å². The van der Waals surface area contributed by atoms with Crippen molar-refractivity contribution in [1.82, 2.24) is 19.5 Å². The molecule has 2 heterocycles. The van der Waals surface area contributed by atoms with E-state index < -0.39 is 6.10 Å². The van der Waals surface area contributed by atoms with Gasteiger partial charge in [-0.2, -0.15) is 15.2 Å². The van der Waals surface area contributed by atoms with Crippen LogP contribution in [0, 0.1) is 23.2 Å². The molecule has 0 unspecified atom stereocenters. The van der Waals surface area contributed by atoms with E-state index in [4.69, 9.17) is 16.6 Å². The number of nitriles is 1. The Bertz CT molecular complexity index is 1420. The van der Waals surface area contributed by atoms with Gasteiger partial charge in [0.1, 0.15) is 17.3 Å². The molecular formula is C29H31ClN6O. The van der Waals surface area contributed by atoms with Crippen molar-refractivity contribution < 1.29 is 5.11 Å². The van der Waals surface area contributed by atoms with E-state index in [2.05, 4.69) is 32.8 Å². The standard InChI is InChI=1S/C29H31ClN6O/c1-18-11-13-20(14-12-18)17-36-27-26(22-9-6-10-23(30)15-22)32-24(16-31)33-28(27)35-29(36)34-25(19(2)37)21-7-4-3-5-8-21/h3-10,15,18-20,25,37H,11-14,17H2,1-2H3,(H,32,33,34,35)/t18-,19-,20-,25-/m0/s1. The predicted octanol–water partition coefficient (Wildman–Crippen LogP) is 6.38. The first kappa shape index (κ1) is 25.2. The summed E-state index contributed by atoms with van der Waals surface area (Å²) in [6.07, 6.45) is 4.03. The Balaban J connectivity index is 1.67. The summed E-state index contributed by atoms with van der Waals surface area (Å²) in [4.78, 5) is 14.0. The maximum Gasteiger partial charge on any atom is 0.234 e. The highest BCUT2D eigenvalue weighted by Crippen LogP contribution is 2.35. The number of fused-ring (bicyclic) bond motifs is 1. The van der Waals surface area contributed by atoms with E-state index in [1.807, 2.05) is 54.6 Å². The lowest BCUT2D eigenvalue weighted by Gasteiger charge is -2.28. The maximum absolute atomic E-state index is 10.7. The van der Waals surface area contributed by atoms with E-state index in [0.29, 0.717) is 28.2 Å². The van der Waals surface area contributed by atoms with E-state index in [-0.39, 0.29) is 11.9 Å². The van der Waals surface area contributed by atoms with Gasteiger partial charge in [0, 0.05) is 17.1 Å². The second kappa shape index (κ2) is 10.9. The van der Waals surface area contributed by atoms with Crippen molar-refractivity contribution in [3.05, 3.63) is 71.0 Å². The number of anilines is 1. The second-order valence-corrected chi connectivity index (χ2v) is 10.6. The van der Waals surface area contributed by atoms with Crippen LogP contribution < -0.4 is 5.32 Å². The molecule has 2 aromatic carbocycles. The minimum Gasteiger partial charge on any atom is -0.391 e. The fourth-order valence-corrected chi connectivity index (χ4v) is 5.45. The van der Waals surface area contributed by atoms with Crippen molar-refractivity contribution in [3.8, 4) is 17.3 Å². The second-order valence-electron chi connectivity index (χ2n) is 10.1. The topological polar surface area (TPSA) is 99.7 Å². The molecular weight excluding hydrogens is 484 g/mol. The van der Waals surface area contributed by atoms with Crippen molar-refractivity contribution in [1.29, 1.82) is 5.26 Å². The van der Waals surface area contributed by atoms with Gasteiger partial charge in [-0.05, 0) is 49.3 Å². The van der Waals surface area contributed by atoms with Crippen LogP contribution in [-0.2, 0) is 6.54 Å². The molecule has 0 radical (unpaired) electrons. The summed E-state index contributed by atoms with van der Waals surface area (Å²) in [6.45, 7) is 4.83. The van der Waals surface area contributed by atoms with Crippen molar-refractivity contribution in [2.24, 2.45) is 11.8 Å². The summed E-state index contributed by atoms with van der Waals surface area (Å²) in [5.74, 6) is 1.89. The Kier molecular flexibility index (Phi) is 7.40. The van der Waals surface area contributed by atoms with Gasteiger partial charge in [0.15, 0.2) is 5.65 Å². The van der Waals surface area contributed by atoms with Gasteiger partial charge in [0.25, 0.3) is 0 Å². The van der Waals surface area contributed by atoms with Gasteiger partial charge in [0.05, 0.1) is 12.1 Å². The van der Waals surface area contributed by atoms with Gasteiger partial charge in [-0.1, -0.05) is 73.8 Å². The number of aromatic nitrogens is 4. The van der Waals surface area contributed by atoms with Crippen LogP contribution in [0.2, 0.25) is 5.02 Å². The zero-order valence-electron chi connectivity index (χ0n) is 21.1. The lowest BCUT2D eigenvalue weighted by atomic mass is 9.83. The Morgan fingerprint density at radius 2 is 1.84 bits per heavy atom. The number of rotatable bonds is 7. The number of benzene rings is 2. The predicted molar refractivity (Wildman–Crippen MR) is 146 cm³/mol. The SMILES string of the molecule is C[C@H](O)[C@H](Nc1nc2nc(C#N)nc(-c3cccc(Cl)c3)c2n1C[C@H]1CC[C@H](C)CC1)c1ccccc1. The molecule has 4 aromatic rings. The fraction of sp³-hybridized carbons (Fsp3) is 0.379. The molecule has 8 heteroatoms. The van der Waals surface area contributed by atoms with Gasteiger partial charge in [-0.15, -0.1) is 0 Å². The summed E-state index contributed by atoms with van der Waals surface area (Å²) in [5, 5.41) is 24.5. The zero-order chi connectivity index (χ0) is 25.9. The molecule has 2 aromatic heterocycles. The summed E-state index contributed by atoms with van der Waals surface area (Å²) in [7, 11) is 0. The molecule has 1 saturated carbocycles. The summed E-state index contributed by atoms with van der Waals surface area (Å²) >= 11 is 6.33. The maximum atomic E-state index is 10.7. The Morgan fingerprint density at radius 1 is 1.08 bits per heavy atom. The Labute approximate surface area is 222 Å². The normalized spacial score (nSPS) is 19.3. The van der Waals surface area contributed by atoms with E-state index in [0.717, 1.165) is 41.9 Å². The fourth-order valence-electron chi connectivity index (χ4n) is 5.26. The number of nitrogens with zero attached hydrogens (tertiary/aromatic N) is 5. The van der Waals surface area contributed by atoms with Crippen molar-refractivity contribution >= 4 is 28.7 Å². The summed E-state index contributed by atoms with van der Waals surface area (Å²) in [5.41, 5.74) is 3.60. The minimum absolute atomic E-state index is 0.0558. The smallest absolute Gasteiger partial charge is 0.234 e. The first-order chi connectivity index (χ1) is 17.9. The third kappa shape index (κ3) is 5.46. The first-order valence-electron chi connectivity index (χ1n) is 12.9. The molecule has 0 aliphatic heterocycles.